The quantitative estimate of drug-likeness (QED) is 0.848. The number of nitrogens with one attached hydrogen (secondary N) is 1. The third-order valence-corrected chi connectivity index (χ3v) is 5.80. The van der Waals surface area contributed by atoms with Crippen LogP contribution in [0.1, 0.15) is 38.5 Å². The van der Waals surface area contributed by atoms with E-state index in [0.717, 1.165) is 19.4 Å². The van der Waals surface area contributed by atoms with Crippen LogP contribution >= 0.6 is 0 Å². The Balaban J connectivity index is 1.81. The van der Waals surface area contributed by atoms with Gasteiger partial charge in [-0.25, -0.2) is 17.5 Å². The van der Waals surface area contributed by atoms with Crippen LogP contribution in [0.3, 0.4) is 0 Å². The summed E-state index contributed by atoms with van der Waals surface area (Å²) in [7, 11) is -1.34. The van der Waals surface area contributed by atoms with Gasteiger partial charge in [-0.3, -0.25) is 0 Å². The molecule has 0 spiro atoms. The molecule has 0 aromatic heterocycles. The van der Waals surface area contributed by atoms with E-state index in [1.54, 1.807) is 4.90 Å². The van der Waals surface area contributed by atoms with Gasteiger partial charge in [-0.2, -0.15) is 0 Å². The molecule has 2 fully saturated rings. The van der Waals surface area contributed by atoms with Gasteiger partial charge in [0.25, 0.3) is 0 Å². The lowest BCUT2D eigenvalue weighted by molar-refractivity contribution is 0.189. The first kappa shape index (κ1) is 16.5. The van der Waals surface area contributed by atoms with Crippen LogP contribution in [-0.4, -0.2) is 62.6 Å². The first-order valence-electron chi connectivity index (χ1n) is 7.83. The van der Waals surface area contributed by atoms with E-state index in [0.29, 0.717) is 19.0 Å². The van der Waals surface area contributed by atoms with Crippen molar-refractivity contribution in [1.82, 2.24) is 14.5 Å². The number of urea groups is 1. The molecule has 1 aliphatic heterocycles. The highest BCUT2D eigenvalue weighted by atomic mass is 32.2. The number of hydrogen-bond donors (Lipinski definition) is 1. The highest BCUT2D eigenvalue weighted by Crippen LogP contribution is 2.25. The summed E-state index contributed by atoms with van der Waals surface area (Å²) in [5.74, 6) is 0.625. The van der Waals surface area contributed by atoms with Gasteiger partial charge in [0.15, 0.2) is 0 Å². The second-order valence-corrected chi connectivity index (χ2v) is 8.42. The molecule has 1 aliphatic carbocycles. The van der Waals surface area contributed by atoms with Crippen LogP contribution in [0, 0.1) is 5.92 Å². The molecule has 1 unspecified atom stereocenters. The minimum atomic E-state index is -3.17. The van der Waals surface area contributed by atoms with Crippen LogP contribution in [0.2, 0.25) is 0 Å². The van der Waals surface area contributed by atoms with Crippen molar-refractivity contribution in [3.05, 3.63) is 0 Å². The van der Waals surface area contributed by atoms with Crippen LogP contribution < -0.4 is 5.32 Å². The summed E-state index contributed by atoms with van der Waals surface area (Å²) in [6.45, 7) is 1.75. The third-order valence-electron chi connectivity index (χ3n) is 4.53. The van der Waals surface area contributed by atoms with Crippen LogP contribution in [0.5, 0.6) is 0 Å². The molecular formula is C14H27N3O3S. The monoisotopic (exact) mass is 317 g/mol. The molecule has 0 aromatic rings. The van der Waals surface area contributed by atoms with E-state index in [9.17, 15) is 13.2 Å². The van der Waals surface area contributed by atoms with E-state index >= 15 is 0 Å². The van der Waals surface area contributed by atoms with Crippen molar-refractivity contribution in [3.8, 4) is 0 Å². The van der Waals surface area contributed by atoms with Crippen molar-refractivity contribution in [3.63, 3.8) is 0 Å². The van der Waals surface area contributed by atoms with Crippen LogP contribution in [0.4, 0.5) is 4.79 Å². The maximum Gasteiger partial charge on any atom is 0.317 e. The van der Waals surface area contributed by atoms with Gasteiger partial charge in [0, 0.05) is 32.7 Å². The van der Waals surface area contributed by atoms with E-state index in [4.69, 9.17) is 0 Å². The maximum atomic E-state index is 12.2. The third kappa shape index (κ3) is 4.85. The molecule has 2 aliphatic rings. The Morgan fingerprint density at radius 2 is 1.90 bits per heavy atom. The van der Waals surface area contributed by atoms with E-state index in [1.165, 1.54) is 36.2 Å². The molecule has 1 atom stereocenters. The van der Waals surface area contributed by atoms with Crippen molar-refractivity contribution in [1.29, 1.82) is 0 Å². The Kier molecular flexibility index (Phi) is 5.48. The number of piperidine rings is 1. The summed E-state index contributed by atoms with van der Waals surface area (Å²) >= 11 is 0. The summed E-state index contributed by atoms with van der Waals surface area (Å²) < 4.78 is 24.6. The minimum Gasteiger partial charge on any atom is -0.334 e. The fraction of sp³-hybridized carbons (Fsp3) is 0.929. The average molecular weight is 317 g/mol. The molecule has 122 valence electrons. The molecule has 0 aromatic carbocycles. The fourth-order valence-corrected chi connectivity index (χ4v) is 4.22. The number of nitrogens with zero attached hydrogens (tertiary/aromatic N) is 2. The largest absolute Gasteiger partial charge is 0.334 e. The van der Waals surface area contributed by atoms with E-state index in [2.05, 4.69) is 5.32 Å². The van der Waals surface area contributed by atoms with Gasteiger partial charge in [0.05, 0.1) is 6.26 Å². The van der Waals surface area contributed by atoms with Crippen LogP contribution in [-0.2, 0) is 10.0 Å². The Morgan fingerprint density at radius 3 is 2.52 bits per heavy atom. The molecule has 21 heavy (non-hydrogen) atoms. The first-order chi connectivity index (χ1) is 9.86. The van der Waals surface area contributed by atoms with Gasteiger partial charge in [-0.15, -0.1) is 0 Å². The van der Waals surface area contributed by atoms with Gasteiger partial charge in [0.1, 0.15) is 0 Å². The van der Waals surface area contributed by atoms with Gasteiger partial charge in [-0.1, -0.05) is 12.8 Å². The lowest BCUT2D eigenvalue weighted by atomic mass is 10.1. The summed E-state index contributed by atoms with van der Waals surface area (Å²) in [5, 5.41) is 2.98. The van der Waals surface area contributed by atoms with Crippen molar-refractivity contribution in [2.45, 2.75) is 44.6 Å². The first-order valence-corrected chi connectivity index (χ1v) is 9.68. The Labute approximate surface area is 127 Å². The molecule has 6 nitrogen and oxygen atoms in total. The molecule has 1 N–H and O–H groups in total. The van der Waals surface area contributed by atoms with Gasteiger partial charge in [-0.05, 0) is 31.6 Å². The molecule has 0 radical (unpaired) electrons. The van der Waals surface area contributed by atoms with Gasteiger partial charge < -0.3 is 10.2 Å². The van der Waals surface area contributed by atoms with E-state index < -0.39 is 10.0 Å². The molecule has 2 amide bonds. The molecule has 0 bridgehead atoms. The van der Waals surface area contributed by atoms with Crippen molar-refractivity contribution in [2.24, 2.45) is 5.92 Å². The summed E-state index contributed by atoms with van der Waals surface area (Å²) in [6.07, 6.45) is 7.83. The summed E-state index contributed by atoms with van der Waals surface area (Å²) in [4.78, 5) is 13.9. The number of rotatable bonds is 4. The van der Waals surface area contributed by atoms with Gasteiger partial charge in [0.2, 0.25) is 10.0 Å². The fourth-order valence-electron chi connectivity index (χ4n) is 3.31. The van der Waals surface area contributed by atoms with Crippen molar-refractivity contribution >= 4 is 16.1 Å². The Bertz CT molecular complexity index is 460. The zero-order chi connectivity index (χ0) is 15.5. The standard InChI is InChI=1S/C14H27N3O3S/c1-16(10-12-6-3-4-7-12)14(18)15-13-8-5-9-17(11-13)21(2,19)20/h12-13H,3-11H2,1-2H3,(H,15,18). The Hall–Kier alpha value is -0.820. The van der Waals surface area contributed by atoms with E-state index in [-0.39, 0.29) is 12.1 Å². The highest BCUT2D eigenvalue weighted by Gasteiger charge is 2.28. The molecular weight excluding hydrogens is 290 g/mol. The number of carbonyl (C=O) groups is 1. The zero-order valence-corrected chi connectivity index (χ0v) is 13.9. The predicted octanol–water partition coefficient (Wildman–Crippen LogP) is 1.24. The number of carbonyl (C=O) groups excluding carboxylic acids is 1. The lowest BCUT2D eigenvalue weighted by Crippen LogP contribution is -2.52. The SMILES string of the molecule is CN(CC1CCCC1)C(=O)NC1CCCN(S(C)(=O)=O)C1. The summed E-state index contributed by atoms with van der Waals surface area (Å²) in [6, 6.07) is -0.158. The Morgan fingerprint density at radius 1 is 1.24 bits per heavy atom. The van der Waals surface area contributed by atoms with Crippen molar-refractivity contribution < 1.29 is 13.2 Å². The number of sulfonamides is 1. The minimum absolute atomic E-state index is 0.0768. The predicted molar refractivity (Wildman–Crippen MR) is 82.6 cm³/mol. The van der Waals surface area contributed by atoms with Crippen LogP contribution in [0.15, 0.2) is 0 Å². The van der Waals surface area contributed by atoms with E-state index in [1.807, 2.05) is 7.05 Å². The summed E-state index contributed by atoms with van der Waals surface area (Å²) in [5.41, 5.74) is 0. The van der Waals surface area contributed by atoms with Crippen LogP contribution in [0.25, 0.3) is 0 Å². The smallest absolute Gasteiger partial charge is 0.317 e. The molecule has 1 saturated heterocycles. The second kappa shape index (κ2) is 6.96. The molecule has 1 saturated carbocycles. The normalized spacial score (nSPS) is 25.0. The highest BCUT2D eigenvalue weighted by molar-refractivity contribution is 7.88. The number of hydrogen-bond acceptors (Lipinski definition) is 3. The molecule has 2 rings (SSSR count). The maximum absolute atomic E-state index is 12.2. The topological polar surface area (TPSA) is 69.7 Å². The lowest BCUT2D eigenvalue weighted by Gasteiger charge is -2.32. The average Bonchev–Trinajstić information content (AvgIpc) is 2.91. The molecule has 7 heteroatoms. The number of amides is 2. The van der Waals surface area contributed by atoms with Crippen molar-refractivity contribution in [2.75, 3.05) is 32.9 Å². The van der Waals surface area contributed by atoms with Gasteiger partial charge >= 0.3 is 6.03 Å². The molecule has 1 heterocycles. The zero-order valence-electron chi connectivity index (χ0n) is 13.0. The second-order valence-electron chi connectivity index (χ2n) is 6.44.